The molecule has 0 bridgehead atoms. The zero-order chi connectivity index (χ0) is 22.3. The van der Waals surface area contributed by atoms with Crippen LogP contribution >= 0.6 is 46.4 Å². The third-order valence-electron chi connectivity index (χ3n) is 4.34. The van der Waals surface area contributed by atoms with E-state index >= 15 is 0 Å². The normalized spacial score (nSPS) is 15.6. The summed E-state index contributed by atoms with van der Waals surface area (Å²) in [6, 6.07) is 9.75. The van der Waals surface area contributed by atoms with Gasteiger partial charge in [-0.3, -0.25) is 0 Å². The zero-order valence-corrected chi connectivity index (χ0v) is 18.7. The quantitative estimate of drug-likeness (QED) is 0.377. The van der Waals surface area contributed by atoms with Gasteiger partial charge in [-0.1, -0.05) is 58.5 Å². The van der Waals surface area contributed by atoms with Gasteiger partial charge in [-0.2, -0.15) is 0 Å². The van der Waals surface area contributed by atoms with Crippen molar-refractivity contribution >= 4 is 46.4 Å². The molecule has 4 atom stereocenters. The van der Waals surface area contributed by atoms with Crippen molar-refractivity contribution in [2.75, 3.05) is 13.2 Å². The number of benzene rings is 2. The summed E-state index contributed by atoms with van der Waals surface area (Å²) in [6.45, 7) is -1.21. The van der Waals surface area contributed by atoms with E-state index in [4.69, 9.17) is 55.9 Å². The van der Waals surface area contributed by atoms with Crippen LogP contribution in [0.2, 0.25) is 20.1 Å². The van der Waals surface area contributed by atoms with Crippen molar-refractivity contribution in [3.8, 4) is 0 Å². The summed E-state index contributed by atoms with van der Waals surface area (Å²) in [5, 5.41) is 41.2. The molecule has 166 valence electrons. The van der Waals surface area contributed by atoms with Crippen LogP contribution < -0.4 is 0 Å². The lowest BCUT2D eigenvalue weighted by molar-refractivity contribution is -0.168. The van der Waals surface area contributed by atoms with Crippen molar-refractivity contribution in [1.29, 1.82) is 0 Å². The second-order valence-corrected chi connectivity index (χ2v) is 8.17. The first kappa shape index (κ1) is 25.6. The summed E-state index contributed by atoms with van der Waals surface area (Å²) in [5.41, 5.74) is 1.31. The molecular weight excluding hydrogens is 478 g/mol. The molecule has 0 heterocycles. The predicted octanol–water partition coefficient (Wildman–Crippen LogP) is 3.48. The van der Waals surface area contributed by atoms with E-state index in [1.54, 1.807) is 36.4 Å². The summed E-state index contributed by atoms with van der Waals surface area (Å²) in [7, 11) is 0. The van der Waals surface area contributed by atoms with Gasteiger partial charge < -0.3 is 29.9 Å². The van der Waals surface area contributed by atoms with Gasteiger partial charge in [0.25, 0.3) is 0 Å². The standard InChI is InChI=1S/C20H22Cl4O6/c21-13-3-1-11(5-15(13)23)9-29-18(8-26)19(28)20(17(27)7-25)30-10-12-2-4-14(22)16(24)6-12/h1-6,17-20,25-28H,7-10H2/t17-,18+,19-,20-/m1/s1. The van der Waals surface area contributed by atoms with Gasteiger partial charge in [0.05, 0.1) is 46.5 Å². The van der Waals surface area contributed by atoms with Crippen LogP contribution in [0.25, 0.3) is 0 Å². The third kappa shape index (κ3) is 7.21. The molecule has 0 radical (unpaired) electrons. The Kier molecular flexibility index (Phi) is 10.6. The molecule has 0 amide bonds. The average Bonchev–Trinajstić information content (AvgIpc) is 2.73. The third-order valence-corrected chi connectivity index (χ3v) is 5.82. The molecule has 2 rings (SSSR count). The molecule has 0 aliphatic carbocycles. The van der Waals surface area contributed by atoms with Gasteiger partial charge in [0.1, 0.15) is 24.4 Å². The zero-order valence-electron chi connectivity index (χ0n) is 15.7. The number of hydrogen-bond donors (Lipinski definition) is 4. The lowest BCUT2D eigenvalue weighted by Gasteiger charge is -2.31. The molecule has 0 unspecified atom stereocenters. The Morgan fingerprint density at radius 1 is 0.700 bits per heavy atom. The Bertz CT molecular complexity index is 822. The van der Waals surface area contributed by atoms with Crippen LogP contribution in [-0.2, 0) is 22.7 Å². The Morgan fingerprint density at radius 3 is 1.63 bits per heavy atom. The van der Waals surface area contributed by atoms with Crippen LogP contribution in [0.4, 0.5) is 0 Å². The number of halogens is 4. The number of aliphatic hydroxyl groups is 4. The minimum Gasteiger partial charge on any atom is -0.394 e. The van der Waals surface area contributed by atoms with Crippen LogP contribution in [0.15, 0.2) is 36.4 Å². The van der Waals surface area contributed by atoms with Gasteiger partial charge in [0, 0.05) is 0 Å². The maximum Gasteiger partial charge on any atom is 0.115 e. The highest BCUT2D eigenvalue weighted by atomic mass is 35.5. The second kappa shape index (κ2) is 12.4. The SMILES string of the molecule is OC[C@@H](O)[C@@H](OCc1ccc(Cl)c(Cl)c1)[C@H](O)[C@H](CO)OCc1ccc(Cl)c(Cl)c1. The minimum atomic E-state index is -1.44. The predicted molar refractivity (Wildman–Crippen MR) is 116 cm³/mol. The van der Waals surface area contributed by atoms with E-state index in [9.17, 15) is 20.4 Å². The molecule has 30 heavy (non-hydrogen) atoms. The van der Waals surface area contributed by atoms with E-state index < -0.39 is 37.6 Å². The largest absolute Gasteiger partial charge is 0.394 e. The van der Waals surface area contributed by atoms with Crippen molar-refractivity contribution in [1.82, 2.24) is 0 Å². The number of aliphatic hydroxyl groups excluding tert-OH is 4. The molecule has 0 aromatic heterocycles. The molecule has 0 saturated carbocycles. The van der Waals surface area contributed by atoms with E-state index in [0.717, 1.165) is 0 Å². The molecule has 0 saturated heterocycles. The maximum atomic E-state index is 10.6. The Balaban J connectivity index is 2.05. The van der Waals surface area contributed by atoms with Crippen molar-refractivity contribution in [3.05, 3.63) is 67.6 Å². The number of ether oxygens (including phenoxy) is 2. The van der Waals surface area contributed by atoms with E-state index in [1.807, 2.05) is 0 Å². The molecular formula is C20H22Cl4O6. The fourth-order valence-corrected chi connectivity index (χ4v) is 3.31. The molecule has 0 fully saturated rings. The summed E-state index contributed by atoms with van der Waals surface area (Å²) in [5.74, 6) is 0. The maximum absolute atomic E-state index is 10.6. The van der Waals surface area contributed by atoms with E-state index in [2.05, 4.69) is 0 Å². The van der Waals surface area contributed by atoms with Crippen LogP contribution in [0.5, 0.6) is 0 Å². The first-order valence-corrected chi connectivity index (χ1v) is 10.5. The monoisotopic (exact) mass is 498 g/mol. The van der Waals surface area contributed by atoms with E-state index in [-0.39, 0.29) is 13.2 Å². The van der Waals surface area contributed by atoms with Gasteiger partial charge in [-0.15, -0.1) is 0 Å². The van der Waals surface area contributed by atoms with Crippen LogP contribution in [0, 0.1) is 0 Å². The molecule has 0 aliphatic heterocycles. The highest BCUT2D eigenvalue weighted by Gasteiger charge is 2.34. The Morgan fingerprint density at radius 2 is 1.20 bits per heavy atom. The minimum absolute atomic E-state index is 0.0217. The van der Waals surface area contributed by atoms with Crippen molar-refractivity contribution in [2.45, 2.75) is 37.6 Å². The van der Waals surface area contributed by atoms with Gasteiger partial charge in [-0.25, -0.2) is 0 Å². The number of rotatable bonds is 11. The average molecular weight is 500 g/mol. The fourth-order valence-electron chi connectivity index (χ4n) is 2.67. The van der Waals surface area contributed by atoms with Crippen LogP contribution in [0.1, 0.15) is 11.1 Å². The van der Waals surface area contributed by atoms with Gasteiger partial charge in [0.15, 0.2) is 0 Å². The molecule has 2 aromatic carbocycles. The summed E-state index contributed by atoms with van der Waals surface area (Å²) >= 11 is 23.7. The Hall–Kier alpha value is -0.640. The van der Waals surface area contributed by atoms with Gasteiger partial charge >= 0.3 is 0 Å². The topological polar surface area (TPSA) is 99.4 Å². The highest BCUT2D eigenvalue weighted by Crippen LogP contribution is 2.25. The first-order chi connectivity index (χ1) is 14.3. The van der Waals surface area contributed by atoms with Gasteiger partial charge in [-0.05, 0) is 35.4 Å². The second-order valence-electron chi connectivity index (χ2n) is 6.55. The fraction of sp³-hybridized carbons (Fsp3) is 0.400. The van der Waals surface area contributed by atoms with Crippen molar-refractivity contribution in [3.63, 3.8) is 0 Å². The van der Waals surface area contributed by atoms with Gasteiger partial charge in [0.2, 0.25) is 0 Å². The summed E-state index contributed by atoms with van der Waals surface area (Å²) in [6.07, 6.45) is -5.19. The lowest BCUT2D eigenvalue weighted by Crippen LogP contribution is -2.49. The van der Waals surface area contributed by atoms with E-state index in [0.29, 0.717) is 31.2 Å². The summed E-state index contributed by atoms with van der Waals surface area (Å²) in [4.78, 5) is 0. The van der Waals surface area contributed by atoms with Crippen LogP contribution in [0.3, 0.4) is 0 Å². The van der Waals surface area contributed by atoms with E-state index in [1.165, 1.54) is 0 Å². The van der Waals surface area contributed by atoms with Crippen LogP contribution in [-0.4, -0.2) is 58.1 Å². The first-order valence-electron chi connectivity index (χ1n) is 8.95. The molecule has 0 spiro atoms. The summed E-state index contributed by atoms with van der Waals surface area (Å²) < 4.78 is 11.2. The smallest absolute Gasteiger partial charge is 0.115 e. The molecule has 2 aromatic rings. The molecule has 0 aliphatic rings. The number of hydrogen-bond acceptors (Lipinski definition) is 6. The van der Waals surface area contributed by atoms with Crippen molar-refractivity contribution < 1.29 is 29.9 Å². The molecule has 4 N–H and O–H groups in total. The molecule has 10 heteroatoms. The lowest BCUT2D eigenvalue weighted by atomic mass is 10.0. The highest BCUT2D eigenvalue weighted by molar-refractivity contribution is 6.42. The van der Waals surface area contributed by atoms with Crippen molar-refractivity contribution in [2.24, 2.45) is 0 Å². The molecule has 6 nitrogen and oxygen atoms in total. The Labute approximate surface area is 194 Å².